The number of aromatic nitrogens is 1. The molecule has 0 saturated carbocycles. The first kappa shape index (κ1) is 29.9. The van der Waals surface area contributed by atoms with Gasteiger partial charge in [0.25, 0.3) is 0 Å². The van der Waals surface area contributed by atoms with E-state index in [-0.39, 0.29) is 18.4 Å². The molecule has 0 saturated heterocycles. The van der Waals surface area contributed by atoms with Gasteiger partial charge in [-0.3, -0.25) is 9.59 Å². The van der Waals surface area contributed by atoms with Crippen molar-refractivity contribution in [1.29, 1.82) is 5.26 Å². The van der Waals surface area contributed by atoms with Gasteiger partial charge in [0.1, 0.15) is 6.04 Å². The molecule has 0 aliphatic rings. The first-order valence-corrected chi connectivity index (χ1v) is 12.0. The summed E-state index contributed by atoms with van der Waals surface area (Å²) in [7, 11) is 0. The van der Waals surface area contributed by atoms with Gasteiger partial charge < -0.3 is 25.0 Å². The van der Waals surface area contributed by atoms with Crippen LogP contribution in [0.25, 0.3) is 11.1 Å². The number of aliphatic carboxylic acids is 1. The van der Waals surface area contributed by atoms with Crippen LogP contribution in [0.3, 0.4) is 0 Å². The largest absolute Gasteiger partial charge is 0.481 e. The van der Waals surface area contributed by atoms with Crippen LogP contribution in [0.5, 0.6) is 0 Å². The maximum Gasteiger partial charge on any atom is 0.306 e. The number of hydrogen-bond donors (Lipinski definition) is 3. The van der Waals surface area contributed by atoms with Gasteiger partial charge in [0.05, 0.1) is 30.7 Å². The molecule has 0 fully saturated rings. The van der Waals surface area contributed by atoms with Crippen LogP contribution in [0.1, 0.15) is 59.6 Å². The Balaban J connectivity index is 0.000000762. The number of carboxylic acids is 1. The minimum atomic E-state index is -1.09. The van der Waals surface area contributed by atoms with Crippen molar-refractivity contribution in [2.24, 2.45) is 5.41 Å². The molecule has 0 aliphatic carbocycles. The summed E-state index contributed by atoms with van der Waals surface area (Å²) in [5.74, 6) is -1.55. The van der Waals surface area contributed by atoms with E-state index in [1.165, 1.54) is 19.6 Å². The van der Waals surface area contributed by atoms with E-state index in [0.29, 0.717) is 5.56 Å². The molecule has 0 radical (unpaired) electrons. The maximum absolute atomic E-state index is 12.8. The first-order chi connectivity index (χ1) is 16.5. The van der Waals surface area contributed by atoms with Crippen LogP contribution in [0, 0.1) is 16.7 Å². The predicted molar refractivity (Wildman–Crippen MR) is 138 cm³/mol. The molecule has 2 aromatic rings. The molecule has 0 bridgehead atoms. The molecule has 1 aromatic heterocycles. The molecule has 35 heavy (non-hydrogen) atoms. The molecule has 8 nitrogen and oxygen atoms in total. The summed E-state index contributed by atoms with van der Waals surface area (Å²) in [6.45, 7) is 15.5. The Morgan fingerprint density at radius 2 is 1.63 bits per heavy atom. The standard InChI is InChI=1S/C21H25N3O4.C6H15N/c1-21(2,3)18(13-25)23-20(28)17(10-19(26)27)24-9-8-16(12-24)15-6-4-14(11-22)5-7-15;1-4-7(5-2)6-3/h4-9,12,17-18,25H,10,13H2,1-3H3,(H,23,28)(H,26,27);4-6H2,1-3H3. The van der Waals surface area contributed by atoms with Gasteiger partial charge in [0.15, 0.2) is 0 Å². The van der Waals surface area contributed by atoms with Crippen LogP contribution in [-0.2, 0) is 9.59 Å². The smallest absolute Gasteiger partial charge is 0.306 e. The van der Waals surface area contributed by atoms with Crippen LogP contribution >= 0.6 is 0 Å². The number of amides is 1. The highest BCUT2D eigenvalue weighted by Gasteiger charge is 2.30. The lowest BCUT2D eigenvalue weighted by atomic mass is 9.87. The van der Waals surface area contributed by atoms with Crippen molar-refractivity contribution in [3.63, 3.8) is 0 Å². The second-order valence-corrected chi connectivity index (χ2v) is 9.38. The SMILES string of the molecule is CC(C)(C)C(CO)NC(=O)C(CC(=O)O)n1ccc(-c2ccc(C#N)cc2)c1.CCN(CC)CC. The fourth-order valence-corrected chi connectivity index (χ4v) is 3.49. The van der Waals surface area contributed by atoms with Crippen molar-refractivity contribution < 1.29 is 19.8 Å². The van der Waals surface area contributed by atoms with E-state index in [4.69, 9.17) is 5.26 Å². The number of rotatable bonds is 10. The van der Waals surface area contributed by atoms with E-state index in [1.54, 1.807) is 47.3 Å². The fraction of sp³-hybridized carbons (Fsp3) is 0.519. The van der Waals surface area contributed by atoms with Crippen molar-refractivity contribution in [1.82, 2.24) is 14.8 Å². The maximum atomic E-state index is 12.8. The zero-order valence-electron chi connectivity index (χ0n) is 21.8. The molecule has 0 aliphatic heterocycles. The van der Waals surface area contributed by atoms with E-state index in [2.05, 4.69) is 37.1 Å². The number of benzene rings is 1. The lowest BCUT2D eigenvalue weighted by Gasteiger charge is -2.31. The minimum Gasteiger partial charge on any atom is -0.481 e. The fourth-order valence-electron chi connectivity index (χ4n) is 3.49. The summed E-state index contributed by atoms with van der Waals surface area (Å²) in [6.07, 6.45) is 2.99. The number of nitrogens with one attached hydrogen (secondary N) is 1. The van der Waals surface area contributed by atoms with Gasteiger partial charge in [-0.2, -0.15) is 5.26 Å². The monoisotopic (exact) mass is 484 g/mol. The Kier molecular flexibility index (Phi) is 12.2. The Labute approximate surface area is 209 Å². The average Bonchev–Trinajstić information content (AvgIpc) is 3.31. The highest BCUT2D eigenvalue weighted by atomic mass is 16.4. The number of carbonyl (C=O) groups excluding carboxylic acids is 1. The van der Waals surface area contributed by atoms with Gasteiger partial charge in [0.2, 0.25) is 5.91 Å². The summed E-state index contributed by atoms with van der Waals surface area (Å²) in [5, 5.41) is 30.5. The summed E-state index contributed by atoms with van der Waals surface area (Å²) >= 11 is 0. The Morgan fingerprint density at radius 3 is 2.03 bits per heavy atom. The van der Waals surface area contributed by atoms with Crippen LogP contribution in [-0.4, -0.2) is 63.8 Å². The molecule has 2 atom stereocenters. The number of nitriles is 1. The zero-order chi connectivity index (χ0) is 26.6. The molecule has 3 N–H and O–H groups in total. The predicted octanol–water partition coefficient (Wildman–Crippen LogP) is 3.91. The highest BCUT2D eigenvalue weighted by molar-refractivity contribution is 5.85. The topological polar surface area (TPSA) is 119 Å². The van der Waals surface area contributed by atoms with E-state index in [1.807, 2.05) is 20.8 Å². The normalized spacial score (nSPS) is 12.8. The van der Waals surface area contributed by atoms with Gasteiger partial charge in [-0.15, -0.1) is 0 Å². The number of carboxylic acid groups (broad SMARTS) is 1. The van der Waals surface area contributed by atoms with Crippen molar-refractivity contribution in [3.8, 4) is 17.2 Å². The molecule has 2 rings (SSSR count). The molecule has 2 unspecified atom stereocenters. The number of nitrogens with zero attached hydrogens (tertiary/aromatic N) is 3. The van der Waals surface area contributed by atoms with Gasteiger partial charge in [-0.1, -0.05) is 53.7 Å². The molecule has 8 heteroatoms. The summed E-state index contributed by atoms with van der Waals surface area (Å²) in [4.78, 5) is 26.5. The molecular weight excluding hydrogens is 444 g/mol. The van der Waals surface area contributed by atoms with E-state index >= 15 is 0 Å². The summed E-state index contributed by atoms with van der Waals surface area (Å²) < 4.78 is 1.56. The van der Waals surface area contributed by atoms with Crippen LogP contribution in [0.2, 0.25) is 0 Å². The highest BCUT2D eigenvalue weighted by Crippen LogP contribution is 2.25. The number of aliphatic hydroxyl groups excluding tert-OH is 1. The molecule has 1 aromatic carbocycles. The van der Waals surface area contributed by atoms with Crippen molar-refractivity contribution in [2.75, 3.05) is 26.2 Å². The third-order valence-corrected chi connectivity index (χ3v) is 5.98. The molecule has 192 valence electrons. The number of hydrogen-bond acceptors (Lipinski definition) is 5. The van der Waals surface area contributed by atoms with Gasteiger partial charge >= 0.3 is 5.97 Å². The Bertz CT molecular complexity index is 961. The Hall–Kier alpha value is -3.15. The van der Waals surface area contributed by atoms with Gasteiger partial charge in [-0.25, -0.2) is 0 Å². The second-order valence-electron chi connectivity index (χ2n) is 9.38. The van der Waals surface area contributed by atoms with Gasteiger partial charge in [0, 0.05) is 12.4 Å². The van der Waals surface area contributed by atoms with E-state index in [9.17, 15) is 19.8 Å². The van der Waals surface area contributed by atoms with Crippen molar-refractivity contribution in [2.45, 2.75) is 60.0 Å². The van der Waals surface area contributed by atoms with E-state index in [0.717, 1.165) is 11.1 Å². The lowest BCUT2D eigenvalue weighted by Crippen LogP contribution is -2.48. The van der Waals surface area contributed by atoms with Crippen molar-refractivity contribution in [3.05, 3.63) is 48.3 Å². The van der Waals surface area contributed by atoms with Gasteiger partial charge in [-0.05, 0) is 54.4 Å². The van der Waals surface area contributed by atoms with Crippen molar-refractivity contribution >= 4 is 11.9 Å². The quantitative estimate of drug-likeness (QED) is 0.470. The first-order valence-electron chi connectivity index (χ1n) is 12.0. The van der Waals surface area contributed by atoms with E-state index < -0.39 is 24.0 Å². The third kappa shape index (κ3) is 9.55. The number of aliphatic hydroxyl groups is 1. The molecular formula is C27H40N4O4. The van der Waals surface area contributed by atoms with Crippen LogP contribution < -0.4 is 5.32 Å². The zero-order valence-corrected chi connectivity index (χ0v) is 21.8. The minimum absolute atomic E-state index is 0.239. The van der Waals surface area contributed by atoms with Crippen LogP contribution in [0.15, 0.2) is 42.7 Å². The summed E-state index contributed by atoms with van der Waals surface area (Å²) in [6, 6.07) is 9.40. The molecule has 1 amide bonds. The summed E-state index contributed by atoms with van der Waals surface area (Å²) in [5.41, 5.74) is 1.84. The molecule has 1 heterocycles. The Morgan fingerprint density at radius 1 is 1.06 bits per heavy atom. The average molecular weight is 485 g/mol. The molecule has 0 spiro atoms. The third-order valence-electron chi connectivity index (χ3n) is 5.98. The second kappa shape index (κ2) is 14.3. The van der Waals surface area contributed by atoms with Crippen LogP contribution in [0.4, 0.5) is 0 Å². The number of carbonyl (C=O) groups is 2. The lowest BCUT2D eigenvalue weighted by molar-refractivity contribution is -0.141.